The largest absolute Gasteiger partial charge is 0.456 e. The van der Waals surface area contributed by atoms with Gasteiger partial charge in [0, 0.05) is 36.7 Å². The topological polar surface area (TPSA) is 187 Å². The highest BCUT2D eigenvalue weighted by molar-refractivity contribution is 6.74. The molecule has 2 aromatic rings. The van der Waals surface area contributed by atoms with Crippen LogP contribution in [-0.4, -0.2) is 110 Å². The van der Waals surface area contributed by atoms with Gasteiger partial charge in [-0.25, -0.2) is 4.79 Å². The van der Waals surface area contributed by atoms with E-state index in [1.165, 1.54) is 6.92 Å². The maximum atomic E-state index is 15.8. The van der Waals surface area contributed by atoms with Crippen LogP contribution in [0.4, 0.5) is 0 Å². The van der Waals surface area contributed by atoms with E-state index in [4.69, 9.17) is 23.1 Å². The summed E-state index contributed by atoms with van der Waals surface area (Å²) in [4.78, 5) is 58.3. The van der Waals surface area contributed by atoms with Crippen molar-refractivity contribution in [2.75, 3.05) is 6.61 Å². The zero-order valence-electron chi connectivity index (χ0n) is 40.7. The first kappa shape index (κ1) is 50.9. The zero-order valence-corrected chi connectivity index (χ0v) is 42.7. The molecule has 2 aromatic carbocycles. The van der Waals surface area contributed by atoms with Crippen LogP contribution in [0.25, 0.3) is 0 Å². The fourth-order valence-electron chi connectivity index (χ4n) is 11.0. The fraction of sp³-hybridized carbons (Fsp3) is 0.640. The number of Topliss-reactive ketones (excluding diaryl/α,β-unsaturated/α-hetero) is 1. The number of esters is 2. The van der Waals surface area contributed by atoms with Gasteiger partial charge < -0.3 is 43.7 Å². The van der Waals surface area contributed by atoms with Crippen molar-refractivity contribution in [2.24, 2.45) is 16.7 Å². The first-order valence-corrected chi connectivity index (χ1v) is 28.8. The molecule has 1 heterocycles. The van der Waals surface area contributed by atoms with Crippen molar-refractivity contribution in [1.29, 1.82) is 0 Å². The molecule has 0 spiro atoms. The smallest absolute Gasteiger partial charge is 0.337 e. The lowest BCUT2D eigenvalue weighted by molar-refractivity contribution is -0.343. The summed E-state index contributed by atoms with van der Waals surface area (Å²) in [5, 5.41) is 41.8. The van der Waals surface area contributed by atoms with Crippen LogP contribution < -0.4 is 5.32 Å². The number of aliphatic hydroxyl groups is 3. The maximum absolute atomic E-state index is 15.8. The Hall–Kier alpha value is -3.55. The van der Waals surface area contributed by atoms with Crippen molar-refractivity contribution < 1.29 is 57.6 Å². The van der Waals surface area contributed by atoms with Crippen LogP contribution in [0.1, 0.15) is 111 Å². The summed E-state index contributed by atoms with van der Waals surface area (Å²) in [7, 11) is -5.33. The minimum Gasteiger partial charge on any atom is -0.456 e. The van der Waals surface area contributed by atoms with Gasteiger partial charge in [-0.3, -0.25) is 14.4 Å². The Morgan fingerprint density at radius 2 is 1.49 bits per heavy atom. The molecule has 3 aliphatic carbocycles. The Bertz CT molecular complexity index is 2130. The van der Waals surface area contributed by atoms with Gasteiger partial charge in [-0.2, -0.15) is 0 Å². The lowest BCUT2D eigenvalue weighted by atomic mass is 9.45. The summed E-state index contributed by atoms with van der Waals surface area (Å²) in [5.41, 5.74) is -5.67. The van der Waals surface area contributed by atoms with Crippen molar-refractivity contribution in [3.05, 3.63) is 82.9 Å². The monoisotopic (exact) mass is 935 g/mol. The summed E-state index contributed by atoms with van der Waals surface area (Å²) in [5.74, 6) is -4.01. The second-order valence-corrected chi connectivity index (χ2v) is 30.7. The van der Waals surface area contributed by atoms with Crippen LogP contribution in [0.2, 0.25) is 36.3 Å². The SMILES string of the molecule is CC[Si](CC)(CC)OC1CC2OCC2(O)C2C(O)C3(O)CC(OC(=O)C(O[Si](C)(C)C(C)(C)C)C(NC(=O)c4ccccc4)c4ccccc4)C(C)=C(C(OC(C)=O)C(=O)C12C)C3(C)C. The highest BCUT2D eigenvalue weighted by Gasteiger charge is 2.76. The summed E-state index contributed by atoms with van der Waals surface area (Å²) in [6.07, 6.45) is -8.02. The Morgan fingerprint density at radius 1 is 0.923 bits per heavy atom. The number of rotatable bonds is 14. The van der Waals surface area contributed by atoms with Crippen LogP contribution in [0, 0.1) is 16.7 Å². The van der Waals surface area contributed by atoms with Crippen molar-refractivity contribution in [1.82, 2.24) is 5.32 Å². The molecule has 1 saturated heterocycles. The maximum Gasteiger partial charge on any atom is 0.337 e. The molecule has 3 fully saturated rings. The van der Waals surface area contributed by atoms with Crippen molar-refractivity contribution >= 4 is 40.3 Å². The van der Waals surface area contributed by atoms with Crippen LogP contribution in [0.15, 0.2) is 71.8 Å². The quantitative estimate of drug-likeness (QED) is 0.0839. The number of carbonyl (C=O) groups is 4. The lowest BCUT2D eigenvalue weighted by Gasteiger charge is -2.67. The number of aliphatic hydroxyl groups excluding tert-OH is 1. The van der Waals surface area contributed by atoms with E-state index in [9.17, 15) is 24.9 Å². The number of hydrogen-bond donors (Lipinski definition) is 4. The van der Waals surface area contributed by atoms with E-state index in [1.807, 2.05) is 39.9 Å². The molecule has 11 atom stereocenters. The molecule has 6 rings (SSSR count). The molecule has 358 valence electrons. The molecule has 15 heteroatoms. The molecular formula is C50H73NO12Si2. The minimum atomic E-state index is -2.85. The van der Waals surface area contributed by atoms with Crippen molar-refractivity contribution in [2.45, 2.75) is 179 Å². The second-order valence-electron chi connectivity index (χ2n) is 21.2. The number of nitrogens with one attached hydrogen (secondary N) is 1. The molecule has 4 N–H and O–H groups in total. The molecular weight excluding hydrogens is 863 g/mol. The average Bonchev–Trinajstić information content (AvgIpc) is 3.25. The average molecular weight is 936 g/mol. The number of carbonyl (C=O) groups excluding carboxylic acids is 4. The van der Waals surface area contributed by atoms with Crippen LogP contribution >= 0.6 is 0 Å². The van der Waals surface area contributed by atoms with E-state index in [-0.39, 0.29) is 25.0 Å². The molecule has 0 radical (unpaired) electrons. The Balaban J connectivity index is 1.52. The molecule has 0 aromatic heterocycles. The summed E-state index contributed by atoms with van der Waals surface area (Å²) in [6.45, 7) is 24.0. The van der Waals surface area contributed by atoms with Crippen molar-refractivity contribution in [3.63, 3.8) is 0 Å². The summed E-state index contributed by atoms with van der Waals surface area (Å²) < 4.78 is 32.7. The van der Waals surface area contributed by atoms with Gasteiger partial charge in [0.15, 0.2) is 34.6 Å². The van der Waals surface area contributed by atoms with Gasteiger partial charge >= 0.3 is 11.9 Å². The highest BCUT2D eigenvalue weighted by Crippen LogP contribution is 2.63. The third-order valence-corrected chi connectivity index (χ3v) is 25.6. The standard InChI is InChI=1S/C50H73NO12Si2/c1-14-65(15-2,16-3)62-35-27-36-49(57,29-59-36)41-43(54)50(58)28-34(30(4)37(47(50,9)10)39(60-31(5)52)42(53)48(35,41)11)61-45(56)40(63-64(12,13)46(6,7)8)38(32-23-19-17-20-24-32)51-44(55)33-25-21-18-22-26-33/h17-26,34-36,38-41,43,54,57-58H,14-16,27-29H2,1-13H3,(H,51,55). The van der Waals surface area contributed by atoms with Crippen LogP contribution in [0.3, 0.4) is 0 Å². The first-order chi connectivity index (χ1) is 30.2. The van der Waals surface area contributed by atoms with Gasteiger partial charge in [0.05, 0.1) is 36.4 Å². The minimum absolute atomic E-state index is 0.155. The van der Waals surface area contributed by atoms with Gasteiger partial charge in [0.1, 0.15) is 17.3 Å². The number of fused-ring (bicyclic) bond motifs is 5. The van der Waals surface area contributed by atoms with Gasteiger partial charge in [0.25, 0.3) is 5.91 Å². The van der Waals surface area contributed by atoms with Crippen molar-refractivity contribution in [3.8, 4) is 0 Å². The van der Waals surface area contributed by atoms with E-state index < -0.39 is 116 Å². The molecule has 4 aliphatic rings. The number of benzene rings is 2. The van der Waals surface area contributed by atoms with E-state index in [2.05, 4.69) is 26.1 Å². The molecule has 13 nitrogen and oxygen atoms in total. The Kier molecular flexibility index (Phi) is 14.2. The van der Waals surface area contributed by atoms with Gasteiger partial charge in [-0.1, -0.05) is 104 Å². The number of ether oxygens (including phenoxy) is 3. The molecule has 11 unspecified atom stereocenters. The third kappa shape index (κ3) is 8.66. The predicted octanol–water partition coefficient (Wildman–Crippen LogP) is 7.36. The molecule has 1 aliphatic heterocycles. The summed E-state index contributed by atoms with van der Waals surface area (Å²) in [6, 6.07) is 18.9. The Morgan fingerprint density at radius 3 is 2.00 bits per heavy atom. The molecule has 1 amide bonds. The fourth-order valence-corrected chi connectivity index (χ4v) is 15.1. The van der Waals surface area contributed by atoms with E-state index in [0.717, 1.165) is 18.1 Å². The van der Waals surface area contributed by atoms with E-state index >= 15 is 9.59 Å². The number of ketones is 1. The first-order valence-electron chi connectivity index (χ1n) is 23.3. The molecule has 2 saturated carbocycles. The number of hydrogen-bond acceptors (Lipinski definition) is 12. The lowest BCUT2D eigenvalue weighted by Crippen LogP contribution is -2.81. The second kappa shape index (κ2) is 18.2. The van der Waals surface area contributed by atoms with Gasteiger partial charge in [0.2, 0.25) is 0 Å². The van der Waals surface area contributed by atoms with Gasteiger partial charge in [-0.15, -0.1) is 0 Å². The highest BCUT2D eigenvalue weighted by atomic mass is 28.4. The molecule has 65 heavy (non-hydrogen) atoms. The van der Waals surface area contributed by atoms with Crippen LogP contribution in [0.5, 0.6) is 0 Å². The van der Waals surface area contributed by atoms with E-state index in [1.54, 1.807) is 82.3 Å². The molecule has 2 bridgehead atoms. The third-order valence-electron chi connectivity index (χ3n) is 16.5. The van der Waals surface area contributed by atoms with Gasteiger partial charge in [-0.05, 0) is 79.0 Å². The summed E-state index contributed by atoms with van der Waals surface area (Å²) >= 11 is 0. The zero-order chi connectivity index (χ0) is 48.3. The number of amides is 1. The van der Waals surface area contributed by atoms with E-state index in [0.29, 0.717) is 16.7 Å². The predicted molar refractivity (Wildman–Crippen MR) is 251 cm³/mol. The normalized spacial score (nSPS) is 32.1. The van der Waals surface area contributed by atoms with Crippen LogP contribution in [-0.2, 0) is 37.4 Å². The Labute approximate surface area is 387 Å².